The summed E-state index contributed by atoms with van der Waals surface area (Å²) < 4.78 is 39.7. The van der Waals surface area contributed by atoms with Crippen LogP contribution in [0.15, 0.2) is 48.5 Å². The number of nitrogens with one attached hydrogen (secondary N) is 1. The minimum Gasteiger partial charge on any atom is -0.350 e. The Kier molecular flexibility index (Phi) is 9.37. The number of benzene rings is 2. The highest BCUT2D eigenvalue weighted by molar-refractivity contribution is 7.92. The molecule has 8 nitrogen and oxygen atoms in total. The maximum Gasteiger partial charge on any atom is 0.244 e. The van der Waals surface area contributed by atoms with Gasteiger partial charge in [0.25, 0.3) is 0 Å². The fourth-order valence-electron chi connectivity index (χ4n) is 3.65. The van der Waals surface area contributed by atoms with Crippen molar-refractivity contribution in [1.82, 2.24) is 10.2 Å². The Hall–Kier alpha value is -3.27. The fraction of sp³-hybridized carbons (Fsp3) is 0.423. The number of nitrogens with zero attached hydrogens (tertiary/aromatic N) is 2. The van der Waals surface area contributed by atoms with Gasteiger partial charge in [0, 0.05) is 17.6 Å². The summed E-state index contributed by atoms with van der Waals surface area (Å²) in [5.41, 5.74) is 0.484. The van der Waals surface area contributed by atoms with Gasteiger partial charge in [-0.05, 0) is 63.9 Å². The van der Waals surface area contributed by atoms with E-state index in [1.807, 2.05) is 20.8 Å². The summed E-state index contributed by atoms with van der Waals surface area (Å²) in [5.74, 6) is -1.69. The monoisotopic (exact) mass is 519 g/mol. The summed E-state index contributed by atoms with van der Waals surface area (Å²) in [6.45, 7) is 7.95. The average Bonchev–Trinajstić information content (AvgIpc) is 2.76. The number of sulfonamides is 1. The summed E-state index contributed by atoms with van der Waals surface area (Å²) in [7, 11) is -3.92. The summed E-state index contributed by atoms with van der Waals surface area (Å²) in [6.07, 6.45) is 1.24. The number of amides is 2. The molecule has 0 aliphatic rings. The number of anilines is 1. The van der Waals surface area contributed by atoms with Gasteiger partial charge in [0.05, 0.1) is 11.9 Å². The van der Waals surface area contributed by atoms with Crippen LogP contribution in [-0.4, -0.2) is 55.3 Å². The van der Waals surface area contributed by atoms with Crippen LogP contribution in [0.5, 0.6) is 0 Å². The van der Waals surface area contributed by atoms with Crippen LogP contribution in [0.3, 0.4) is 0 Å². The van der Waals surface area contributed by atoms with E-state index >= 15 is 0 Å². The first-order chi connectivity index (χ1) is 16.6. The van der Waals surface area contributed by atoms with Gasteiger partial charge in [-0.25, -0.2) is 12.8 Å². The Morgan fingerprint density at radius 3 is 2.17 bits per heavy atom. The van der Waals surface area contributed by atoms with Crippen molar-refractivity contribution in [2.45, 2.75) is 59.2 Å². The second-order valence-corrected chi connectivity index (χ2v) is 11.6. The van der Waals surface area contributed by atoms with E-state index in [0.717, 1.165) is 10.6 Å². The zero-order valence-electron chi connectivity index (χ0n) is 21.5. The highest BCUT2D eigenvalue weighted by atomic mass is 32.2. The smallest absolute Gasteiger partial charge is 0.244 e. The molecule has 36 heavy (non-hydrogen) atoms. The number of halogens is 1. The van der Waals surface area contributed by atoms with Crippen molar-refractivity contribution < 1.29 is 27.2 Å². The van der Waals surface area contributed by atoms with Crippen molar-refractivity contribution in [1.29, 1.82) is 0 Å². The van der Waals surface area contributed by atoms with Crippen LogP contribution in [0.4, 0.5) is 10.1 Å². The van der Waals surface area contributed by atoms with Crippen LogP contribution in [-0.2, 0) is 26.2 Å². The molecular weight excluding hydrogens is 485 g/mol. The van der Waals surface area contributed by atoms with E-state index in [4.69, 9.17) is 0 Å². The summed E-state index contributed by atoms with van der Waals surface area (Å²) in [4.78, 5) is 39.9. The van der Waals surface area contributed by atoms with Crippen LogP contribution in [0, 0.1) is 5.82 Å². The number of hydrogen-bond donors (Lipinski definition) is 1. The maximum absolute atomic E-state index is 13.6. The van der Waals surface area contributed by atoms with Gasteiger partial charge in [-0.1, -0.05) is 31.2 Å². The highest BCUT2D eigenvalue weighted by Gasteiger charge is 2.33. The highest BCUT2D eigenvalue weighted by Crippen LogP contribution is 2.21. The van der Waals surface area contributed by atoms with Gasteiger partial charge in [0.15, 0.2) is 5.78 Å². The molecule has 0 unspecified atom stereocenters. The molecule has 0 aromatic heterocycles. The number of ketones is 1. The van der Waals surface area contributed by atoms with Gasteiger partial charge in [0.2, 0.25) is 21.8 Å². The van der Waals surface area contributed by atoms with Gasteiger partial charge in [-0.15, -0.1) is 0 Å². The molecular formula is C26H34FN3O5S. The lowest BCUT2D eigenvalue weighted by atomic mass is 10.1. The van der Waals surface area contributed by atoms with Crippen molar-refractivity contribution in [3.63, 3.8) is 0 Å². The molecule has 0 radical (unpaired) electrons. The van der Waals surface area contributed by atoms with Crippen LogP contribution in [0.2, 0.25) is 0 Å². The van der Waals surface area contributed by atoms with E-state index in [0.29, 0.717) is 11.1 Å². The minimum atomic E-state index is -3.92. The zero-order valence-corrected chi connectivity index (χ0v) is 22.4. The van der Waals surface area contributed by atoms with E-state index in [1.54, 1.807) is 13.0 Å². The van der Waals surface area contributed by atoms with E-state index < -0.39 is 39.9 Å². The normalized spacial score (nSPS) is 12.5. The third-order valence-corrected chi connectivity index (χ3v) is 6.51. The van der Waals surface area contributed by atoms with Crippen molar-refractivity contribution in [3.05, 3.63) is 65.5 Å². The average molecular weight is 520 g/mol. The molecule has 2 rings (SSSR count). The molecule has 0 spiro atoms. The second-order valence-electron chi connectivity index (χ2n) is 9.69. The third kappa shape index (κ3) is 8.15. The molecule has 0 saturated heterocycles. The maximum atomic E-state index is 13.6. The minimum absolute atomic E-state index is 0.0275. The molecule has 0 aliphatic heterocycles. The number of carbonyl (C=O) groups is 3. The number of carbonyl (C=O) groups excluding carboxylic acids is 3. The Labute approximate surface area is 212 Å². The third-order valence-electron chi connectivity index (χ3n) is 5.37. The SMILES string of the molecule is CC[C@H](C(=O)NC(C)(C)C)N(Cc1ccc(F)cc1)C(=O)CN(c1cccc(C(C)=O)c1)S(C)(=O)=O. The van der Waals surface area contributed by atoms with Crippen molar-refractivity contribution in [2.24, 2.45) is 0 Å². The van der Waals surface area contributed by atoms with Crippen molar-refractivity contribution in [2.75, 3.05) is 17.1 Å². The number of hydrogen-bond acceptors (Lipinski definition) is 5. The molecule has 2 aromatic rings. The lowest BCUT2D eigenvalue weighted by molar-refractivity contribution is -0.141. The molecule has 196 valence electrons. The predicted molar refractivity (Wildman–Crippen MR) is 138 cm³/mol. The van der Waals surface area contributed by atoms with Crippen LogP contribution in [0.25, 0.3) is 0 Å². The Bertz CT molecular complexity index is 1210. The zero-order chi connectivity index (χ0) is 27.3. The fourth-order valence-corrected chi connectivity index (χ4v) is 4.49. The van der Waals surface area contributed by atoms with Gasteiger partial charge in [0.1, 0.15) is 18.4 Å². The number of Topliss-reactive ketones (excluding diaryl/α,β-unsaturated/α-hetero) is 1. The molecule has 1 atom stereocenters. The molecule has 0 fully saturated rings. The molecule has 0 bridgehead atoms. The van der Waals surface area contributed by atoms with E-state index in [-0.39, 0.29) is 30.3 Å². The van der Waals surface area contributed by atoms with E-state index in [2.05, 4.69) is 5.32 Å². The first-order valence-corrected chi connectivity index (χ1v) is 13.4. The Morgan fingerprint density at radius 2 is 1.67 bits per heavy atom. The standard InChI is InChI=1S/C26H34FN3O5S/c1-7-23(25(33)28-26(3,4)5)29(16-19-11-13-21(27)14-12-19)24(32)17-30(36(6,34)35)22-10-8-9-20(15-22)18(2)31/h8-15,23H,7,16-17H2,1-6H3,(H,28,33)/t23-/m1/s1. The van der Waals surface area contributed by atoms with Crippen LogP contribution >= 0.6 is 0 Å². The largest absolute Gasteiger partial charge is 0.350 e. The van der Waals surface area contributed by atoms with Crippen molar-refractivity contribution in [3.8, 4) is 0 Å². The van der Waals surface area contributed by atoms with Crippen LogP contribution < -0.4 is 9.62 Å². The molecule has 0 heterocycles. The molecule has 2 aromatic carbocycles. The summed E-state index contributed by atoms with van der Waals surface area (Å²) in [5, 5.41) is 2.87. The molecule has 2 amide bonds. The lowest BCUT2D eigenvalue weighted by Crippen LogP contribution is -2.55. The molecule has 1 N–H and O–H groups in total. The van der Waals surface area contributed by atoms with Gasteiger partial charge < -0.3 is 10.2 Å². The van der Waals surface area contributed by atoms with E-state index in [1.165, 1.54) is 54.3 Å². The predicted octanol–water partition coefficient (Wildman–Crippen LogP) is 3.52. The van der Waals surface area contributed by atoms with Gasteiger partial charge >= 0.3 is 0 Å². The molecule has 0 saturated carbocycles. The second kappa shape index (κ2) is 11.6. The van der Waals surface area contributed by atoms with Crippen molar-refractivity contribution >= 4 is 33.3 Å². The van der Waals surface area contributed by atoms with Gasteiger partial charge in [-0.2, -0.15) is 0 Å². The summed E-state index contributed by atoms with van der Waals surface area (Å²) >= 11 is 0. The Morgan fingerprint density at radius 1 is 1.06 bits per heavy atom. The number of rotatable bonds is 10. The van der Waals surface area contributed by atoms with Gasteiger partial charge in [-0.3, -0.25) is 18.7 Å². The Balaban J connectivity index is 2.49. The van der Waals surface area contributed by atoms with Crippen LogP contribution in [0.1, 0.15) is 57.0 Å². The summed E-state index contributed by atoms with van der Waals surface area (Å²) in [6, 6.07) is 10.6. The first kappa shape index (κ1) is 29.0. The molecule has 10 heteroatoms. The quantitative estimate of drug-likeness (QED) is 0.484. The first-order valence-electron chi connectivity index (χ1n) is 11.6. The molecule has 0 aliphatic carbocycles. The van der Waals surface area contributed by atoms with E-state index in [9.17, 15) is 27.2 Å². The topological polar surface area (TPSA) is 104 Å². The lowest BCUT2D eigenvalue weighted by Gasteiger charge is -2.34.